The maximum Gasteiger partial charge on any atom is 0.306 e. The summed E-state index contributed by atoms with van der Waals surface area (Å²) in [6.45, 7) is 7.62. The predicted molar refractivity (Wildman–Crippen MR) is 80.7 cm³/mol. The molecule has 2 rings (SSSR count). The molecule has 0 aliphatic rings. The van der Waals surface area contributed by atoms with Gasteiger partial charge in [0.1, 0.15) is 5.69 Å². The lowest BCUT2D eigenvalue weighted by Gasteiger charge is -2.09. The summed E-state index contributed by atoms with van der Waals surface area (Å²) in [6.07, 6.45) is 4.84. The number of amides is 2. The second-order valence-electron chi connectivity index (χ2n) is 4.32. The van der Waals surface area contributed by atoms with E-state index in [1.54, 1.807) is 30.9 Å². The van der Waals surface area contributed by atoms with E-state index in [0.29, 0.717) is 0 Å². The Hall–Kier alpha value is -2.57. The molecule has 0 atom stereocenters. The minimum atomic E-state index is -0.592. The maximum atomic E-state index is 12.0. The Kier molecular flexibility index (Phi) is 5.29. The Balaban J connectivity index is 0.00000106. The highest BCUT2D eigenvalue weighted by Gasteiger charge is 2.18. The molecule has 0 saturated carbocycles. The zero-order chi connectivity index (χ0) is 16.2. The molecule has 0 saturated heterocycles. The van der Waals surface area contributed by atoms with Crippen LogP contribution in [0.5, 0.6) is 0 Å². The van der Waals surface area contributed by atoms with E-state index in [1.807, 2.05) is 20.8 Å². The quantitative estimate of drug-likeness (QED) is 0.893. The number of nitrogens with two attached hydrogens (primary N) is 1. The molecular formula is C14H21N5O2. The van der Waals surface area contributed by atoms with Gasteiger partial charge in [0.05, 0.1) is 0 Å². The third-order valence-electron chi connectivity index (χ3n) is 2.99. The number of imidazole rings is 1. The van der Waals surface area contributed by atoms with E-state index in [4.69, 9.17) is 5.73 Å². The Labute approximate surface area is 123 Å². The Morgan fingerprint density at radius 3 is 2.38 bits per heavy atom. The summed E-state index contributed by atoms with van der Waals surface area (Å²) in [5.74, 6) is -0.754. The van der Waals surface area contributed by atoms with Crippen molar-refractivity contribution in [1.82, 2.24) is 14.2 Å². The molecule has 0 unspecified atom stereocenters. The molecule has 0 radical (unpaired) electrons. The van der Waals surface area contributed by atoms with Gasteiger partial charge in [-0.2, -0.15) is 0 Å². The molecule has 114 valence electrons. The molecule has 7 heteroatoms. The van der Waals surface area contributed by atoms with Gasteiger partial charge in [-0.3, -0.25) is 19.7 Å². The maximum absolute atomic E-state index is 12.0. The van der Waals surface area contributed by atoms with Crippen molar-refractivity contribution in [2.45, 2.75) is 27.7 Å². The lowest BCUT2D eigenvalue weighted by Crippen LogP contribution is -2.29. The van der Waals surface area contributed by atoms with Crippen molar-refractivity contribution in [3.05, 3.63) is 41.2 Å². The van der Waals surface area contributed by atoms with Crippen LogP contribution in [-0.4, -0.2) is 26.0 Å². The molecule has 0 aliphatic carbocycles. The minimum Gasteiger partial charge on any atom is -0.364 e. The van der Waals surface area contributed by atoms with Gasteiger partial charge in [-0.25, -0.2) is 4.98 Å². The molecule has 0 spiro atoms. The molecular weight excluding hydrogens is 270 g/mol. The average Bonchev–Trinajstić information content (AvgIpc) is 2.97. The third-order valence-corrected chi connectivity index (χ3v) is 2.99. The molecule has 21 heavy (non-hydrogen) atoms. The number of hydrogen-bond donors (Lipinski definition) is 2. The van der Waals surface area contributed by atoms with E-state index in [9.17, 15) is 9.59 Å². The number of hydrogen-bond acceptors (Lipinski definition) is 3. The van der Waals surface area contributed by atoms with Gasteiger partial charge in [0.25, 0.3) is 5.91 Å². The van der Waals surface area contributed by atoms with Gasteiger partial charge in [-0.15, -0.1) is 0 Å². The van der Waals surface area contributed by atoms with Crippen molar-refractivity contribution in [3.63, 3.8) is 0 Å². The first-order valence-electron chi connectivity index (χ1n) is 6.69. The van der Waals surface area contributed by atoms with Crippen LogP contribution in [0.3, 0.4) is 0 Å². The third kappa shape index (κ3) is 3.31. The monoisotopic (exact) mass is 291 g/mol. The normalized spacial score (nSPS) is 9.76. The lowest BCUT2D eigenvalue weighted by molar-refractivity contribution is 0.0983. The fraction of sp³-hybridized carbons (Fsp3) is 0.357. The van der Waals surface area contributed by atoms with Crippen LogP contribution < -0.4 is 11.2 Å². The van der Waals surface area contributed by atoms with Gasteiger partial charge in [0.15, 0.2) is 5.82 Å². The van der Waals surface area contributed by atoms with Crippen molar-refractivity contribution in [1.29, 1.82) is 0 Å². The van der Waals surface area contributed by atoms with Crippen LogP contribution in [-0.2, 0) is 7.05 Å². The second kappa shape index (κ2) is 6.74. The van der Waals surface area contributed by atoms with Crippen LogP contribution in [0, 0.1) is 13.8 Å². The van der Waals surface area contributed by atoms with Crippen molar-refractivity contribution in [3.8, 4) is 0 Å². The van der Waals surface area contributed by atoms with Gasteiger partial charge in [-0.1, -0.05) is 13.8 Å². The molecule has 0 aromatic carbocycles. The Morgan fingerprint density at radius 1 is 1.29 bits per heavy atom. The number of aromatic nitrogens is 3. The standard InChI is InChI=1S/C12H15N5O2.C2H6/c1-7-6-17(9(8(7)2)10(13)18)15-12(19)11-14-4-5-16(11)3;1-2/h4-6H,1-3H3,(H2,13,18)(H,15,19);1-2H3. The fourth-order valence-corrected chi connectivity index (χ4v) is 1.86. The Morgan fingerprint density at radius 2 is 1.90 bits per heavy atom. The van der Waals surface area contributed by atoms with Gasteiger partial charge in [-0.05, 0) is 25.0 Å². The van der Waals surface area contributed by atoms with Crippen LogP contribution in [0.25, 0.3) is 0 Å². The second-order valence-corrected chi connectivity index (χ2v) is 4.32. The van der Waals surface area contributed by atoms with Crippen LogP contribution in [0.15, 0.2) is 18.6 Å². The summed E-state index contributed by atoms with van der Waals surface area (Å²) in [7, 11) is 1.71. The molecule has 2 aromatic heterocycles. The number of carbonyl (C=O) groups is 2. The summed E-state index contributed by atoms with van der Waals surface area (Å²) in [6, 6.07) is 0. The first kappa shape index (κ1) is 16.5. The molecule has 2 amide bonds. The molecule has 0 bridgehead atoms. The highest BCUT2D eigenvalue weighted by atomic mass is 16.2. The van der Waals surface area contributed by atoms with E-state index in [1.165, 1.54) is 10.9 Å². The van der Waals surface area contributed by atoms with Crippen molar-refractivity contribution in [2.24, 2.45) is 12.8 Å². The molecule has 0 aliphatic heterocycles. The molecule has 2 heterocycles. The van der Waals surface area contributed by atoms with E-state index >= 15 is 0 Å². The number of nitrogens with zero attached hydrogens (tertiary/aromatic N) is 3. The largest absolute Gasteiger partial charge is 0.364 e. The van der Waals surface area contributed by atoms with Gasteiger partial charge < -0.3 is 10.3 Å². The number of carbonyl (C=O) groups excluding carboxylic acids is 2. The van der Waals surface area contributed by atoms with Crippen molar-refractivity contribution >= 4 is 11.8 Å². The van der Waals surface area contributed by atoms with Crippen LogP contribution >= 0.6 is 0 Å². The van der Waals surface area contributed by atoms with E-state index in [-0.39, 0.29) is 11.5 Å². The number of aryl methyl sites for hydroxylation is 2. The molecule has 2 aromatic rings. The highest BCUT2D eigenvalue weighted by Crippen LogP contribution is 2.14. The van der Waals surface area contributed by atoms with Crippen molar-refractivity contribution < 1.29 is 9.59 Å². The highest BCUT2D eigenvalue weighted by molar-refractivity contribution is 5.99. The minimum absolute atomic E-state index is 0.249. The number of primary amides is 1. The summed E-state index contributed by atoms with van der Waals surface area (Å²) >= 11 is 0. The fourth-order valence-electron chi connectivity index (χ4n) is 1.86. The topological polar surface area (TPSA) is 94.9 Å². The zero-order valence-corrected chi connectivity index (χ0v) is 13.0. The van der Waals surface area contributed by atoms with Crippen molar-refractivity contribution in [2.75, 3.05) is 5.43 Å². The summed E-state index contributed by atoms with van der Waals surface area (Å²) in [5.41, 5.74) is 9.79. The van der Waals surface area contributed by atoms with Crippen LogP contribution in [0.4, 0.5) is 0 Å². The lowest BCUT2D eigenvalue weighted by atomic mass is 10.2. The SMILES string of the molecule is CC.Cc1cn(NC(=O)c2nccn2C)c(C(N)=O)c1C. The molecule has 7 nitrogen and oxygen atoms in total. The first-order valence-corrected chi connectivity index (χ1v) is 6.69. The number of nitrogens with one attached hydrogen (secondary N) is 1. The predicted octanol–water partition coefficient (Wildman–Crippen LogP) is 1.35. The summed E-state index contributed by atoms with van der Waals surface area (Å²) in [5, 5.41) is 0. The molecule has 0 fully saturated rings. The van der Waals surface area contributed by atoms with E-state index in [0.717, 1.165) is 11.1 Å². The number of rotatable bonds is 3. The summed E-state index contributed by atoms with van der Waals surface area (Å²) < 4.78 is 2.92. The smallest absolute Gasteiger partial charge is 0.306 e. The van der Waals surface area contributed by atoms with Gasteiger partial charge >= 0.3 is 5.91 Å². The summed E-state index contributed by atoms with van der Waals surface area (Å²) in [4.78, 5) is 27.4. The van der Waals surface area contributed by atoms with E-state index in [2.05, 4.69) is 10.4 Å². The van der Waals surface area contributed by atoms with E-state index < -0.39 is 11.8 Å². The zero-order valence-electron chi connectivity index (χ0n) is 13.0. The van der Waals surface area contributed by atoms with Gasteiger partial charge in [0.2, 0.25) is 0 Å². The van der Waals surface area contributed by atoms with Crippen LogP contribution in [0.1, 0.15) is 46.1 Å². The molecule has 3 N–H and O–H groups in total. The first-order chi connectivity index (χ1) is 9.91. The van der Waals surface area contributed by atoms with Gasteiger partial charge in [0, 0.05) is 25.6 Å². The van der Waals surface area contributed by atoms with Crippen LogP contribution in [0.2, 0.25) is 0 Å². The Bertz CT molecular complexity index is 654. The average molecular weight is 291 g/mol.